The van der Waals surface area contributed by atoms with E-state index in [1.54, 1.807) is 6.20 Å². The number of rotatable bonds is 5. The number of hydrogen-bond donors (Lipinski definition) is 2. The lowest BCUT2D eigenvalue weighted by atomic mass is 10.1. The topological polar surface area (TPSA) is 75.9 Å². The highest BCUT2D eigenvalue weighted by molar-refractivity contribution is 5.83. The van der Waals surface area contributed by atoms with Crippen molar-refractivity contribution in [3.05, 3.63) is 65.1 Å². The summed E-state index contributed by atoms with van der Waals surface area (Å²) in [7, 11) is 0. The molecule has 4 rings (SSSR count). The number of aromatic hydroxyl groups is 1. The Balaban J connectivity index is 1.73. The molecule has 0 fully saturated rings. The lowest BCUT2D eigenvalue weighted by Crippen LogP contribution is -2.07. The molecule has 8 heteroatoms. The van der Waals surface area contributed by atoms with E-state index >= 15 is 0 Å². The van der Waals surface area contributed by atoms with Crippen LogP contribution in [0.15, 0.2) is 36.5 Å². The lowest BCUT2D eigenvalue weighted by molar-refractivity contribution is 0.460. The molecule has 0 aliphatic heterocycles. The van der Waals surface area contributed by atoms with E-state index in [9.17, 15) is 13.9 Å². The van der Waals surface area contributed by atoms with Crippen LogP contribution in [0.1, 0.15) is 36.8 Å². The Bertz CT molecular complexity index is 1260. The first kappa shape index (κ1) is 20.7. The number of benzene rings is 2. The molecular formula is C23H23F2N5O. The van der Waals surface area contributed by atoms with Crippen LogP contribution in [0.4, 0.5) is 14.7 Å². The van der Waals surface area contributed by atoms with Crippen molar-refractivity contribution in [3.8, 4) is 17.0 Å². The third-order valence-electron chi connectivity index (χ3n) is 5.20. The number of anilines is 1. The van der Waals surface area contributed by atoms with Gasteiger partial charge in [-0.2, -0.15) is 0 Å². The summed E-state index contributed by atoms with van der Waals surface area (Å²) in [6.07, 6.45) is 1.62. The van der Waals surface area contributed by atoms with Gasteiger partial charge in [0.25, 0.3) is 0 Å². The molecule has 0 saturated heterocycles. The summed E-state index contributed by atoms with van der Waals surface area (Å²) in [6, 6.07) is 7.54. The zero-order valence-electron chi connectivity index (χ0n) is 17.7. The zero-order chi connectivity index (χ0) is 22.3. The van der Waals surface area contributed by atoms with E-state index in [1.165, 1.54) is 24.3 Å². The van der Waals surface area contributed by atoms with Crippen LogP contribution in [0, 0.1) is 25.5 Å². The van der Waals surface area contributed by atoms with Crippen molar-refractivity contribution < 1.29 is 13.9 Å². The largest absolute Gasteiger partial charge is 0.507 e. The van der Waals surface area contributed by atoms with Gasteiger partial charge in [-0.25, -0.2) is 23.7 Å². The Hall–Kier alpha value is -3.55. The molecule has 31 heavy (non-hydrogen) atoms. The fourth-order valence-electron chi connectivity index (χ4n) is 3.77. The predicted molar refractivity (Wildman–Crippen MR) is 116 cm³/mol. The third kappa shape index (κ3) is 3.81. The van der Waals surface area contributed by atoms with E-state index in [4.69, 9.17) is 0 Å². The van der Waals surface area contributed by atoms with Gasteiger partial charge < -0.3 is 15.0 Å². The SMILES string of the molecule is Cc1cnc(NCc2c(O)cccc2F)nc1-c1cc(F)c2nc(C)n(C(C)C)c2c1. The number of halogens is 2. The van der Waals surface area contributed by atoms with E-state index in [1.807, 2.05) is 38.3 Å². The van der Waals surface area contributed by atoms with Crippen molar-refractivity contribution in [2.24, 2.45) is 0 Å². The van der Waals surface area contributed by atoms with Crippen molar-refractivity contribution in [2.75, 3.05) is 5.32 Å². The molecule has 0 radical (unpaired) electrons. The van der Waals surface area contributed by atoms with Gasteiger partial charge in [-0.05, 0) is 57.5 Å². The molecule has 6 nitrogen and oxygen atoms in total. The molecule has 2 heterocycles. The van der Waals surface area contributed by atoms with E-state index in [0.717, 1.165) is 11.4 Å². The first-order valence-electron chi connectivity index (χ1n) is 9.98. The highest BCUT2D eigenvalue weighted by Crippen LogP contribution is 2.30. The number of nitrogens with zero attached hydrogens (tertiary/aromatic N) is 4. The summed E-state index contributed by atoms with van der Waals surface area (Å²) in [5.74, 6) is -0.0991. The minimum Gasteiger partial charge on any atom is -0.507 e. The van der Waals surface area contributed by atoms with Crippen LogP contribution in [0.25, 0.3) is 22.3 Å². The van der Waals surface area contributed by atoms with Gasteiger partial charge >= 0.3 is 0 Å². The molecule has 0 spiro atoms. The summed E-state index contributed by atoms with van der Waals surface area (Å²) in [6.45, 7) is 7.75. The van der Waals surface area contributed by atoms with Gasteiger partial charge in [0.05, 0.1) is 11.2 Å². The molecule has 160 valence electrons. The van der Waals surface area contributed by atoms with Gasteiger partial charge in [0.1, 0.15) is 22.9 Å². The fraction of sp³-hybridized carbons (Fsp3) is 0.261. The van der Waals surface area contributed by atoms with Crippen LogP contribution in [0.5, 0.6) is 5.75 Å². The number of aromatic nitrogens is 4. The maximum Gasteiger partial charge on any atom is 0.223 e. The highest BCUT2D eigenvalue weighted by Gasteiger charge is 2.17. The van der Waals surface area contributed by atoms with Crippen molar-refractivity contribution in [1.29, 1.82) is 0 Å². The third-order valence-corrected chi connectivity index (χ3v) is 5.20. The Labute approximate surface area is 178 Å². The number of phenolic OH excluding ortho intramolecular Hbond substituents is 1. The maximum absolute atomic E-state index is 14.9. The first-order chi connectivity index (χ1) is 14.8. The Kier molecular flexibility index (Phi) is 5.31. The van der Waals surface area contributed by atoms with E-state index in [-0.39, 0.29) is 29.8 Å². The van der Waals surface area contributed by atoms with E-state index < -0.39 is 11.6 Å². The van der Waals surface area contributed by atoms with Crippen LogP contribution in [-0.2, 0) is 6.54 Å². The smallest absolute Gasteiger partial charge is 0.223 e. The molecule has 0 bridgehead atoms. The van der Waals surface area contributed by atoms with Gasteiger partial charge in [0.2, 0.25) is 5.95 Å². The molecule has 0 aliphatic carbocycles. The normalized spacial score (nSPS) is 11.5. The molecule has 2 aromatic carbocycles. The van der Waals surface area contributed by atoms with Crippen molar-refractivity contribution in [1.82, 2.24) is 19.5 Å². The lowest BCUT2D eigenvalue weighted by Gasteiger charge is -2.13. The molecule has 0 saturated carbocycles. The van der Waals surface area contributed by atoms with Crippen molar-refractivity contribution in [3.63, 3.8) is 0 Å². The number of fused-ring (bicyclic) bond motifs is 1. The maximum atomic E-state index is 14.9. The monoisotopic (exact) mass is 423 g/mol. The summed E-state index contributed by atoms with van der Waals surface area (Å²) in [5, 5.41) is 12.8. The predicted octanol–water partition coefficient (Wildman–Crippen LogP) is 5.29. The molecule has 2 N–H and O–H groups in total. The second kappa shape index (κ2) is 7.94. The average molecular weight is 423 g/mol. The number of imidazole rings is 1. The van der Waals surface area contributed by atoms with Gasteiger partial charge in [-0.3, -0.25) is 0 Å². The minimum atomic E-state index is -0.523. The Morgan fingerprint density at radius 1 is 1.10 bits per heavy atom. The number of nitrogens with one attached hydrogen (secondary N) is 1. The summed E-state index contributed by atoms with van der Waals surface area (Å²) in [5.41, 5.74) is 3.08. The zero-order valence-corrected chi connectivity index (χ0v) is 17.7. The highest BCUT2D eigenvalue weighted by atomic mass is 19.1. The number of aryl methyl sites for hydroxylation is 2. The van der Waals surface area contributed by atoms with Gasteiger partial charge in [-0.15, -0.1) is 0 Å². The quantitative estimate of drug-likeness (QED) is 0.456. The van der Waals surface area contributed by atoms with Crippen LogP contribution in [-0.4, -0.2) is 24.6 Å². The van der Waals surface area contributed by atoms with Crippen molar-refractivity contribution in [2.45, 2.75) is 40.3 Å². The number of hydrogen-bond acceptors (Lipinski definition) is 5. The standard InChI is InChI=1S/C23H23F2N5O/c1-12(2)30-14(4)28-22-18(25)8-15(9-19(22)30)21-13(3)10-26-23(29-21)27-11-16-17(24)6-5-7-20(16)31/h5-10,12,31H,11H2,1-4H3,(H,26,27,29). The van der Waals surface area contributed by atoms with Crippen molar-refractivity contribution >= 4 is 17.0 Å². The summed E-state index contributed by atoms with van der Waals surface area (Å²) >= 11 is 0. The number of phenols is 1. The molecule has 2 aromatic heterocycles. The Morgan fingerprint density at radius 2 is 1.87 bits per heavy atom. The van der Waals surface area contributed by atoms with E-state index in [0.29, 0.717) is 22.3 Å². The molecule has 4 aromatic rings. The minimum absolute atomic E-state index is 0.00766. The Morgan fingerprint density at radius 3 is 2.58 bits per heavy atom. The second-order valence-corrected chi connectivity index (χ2v) is 7.76. The average Bonchev–Trinajstić information content (AvgIpc) is 3.05. The fourth-order valence-corrected chi connectivity index (χ4v) is 3.77. The van der Waals surface area contributed by atoms with Gasteiger partial charge in [-0.1, -0.05) is 6.07 Å². The van der Waals surface area contributed by atoms with Crippen LogP contribution in [0.2, 0.25) is 0 Å². The molecule has 0 unspecified atom stereocenters. The van der Waals surface area contributed by atoms with Gasteiger partial charge in [0, 0.05) is 29.9 Å². The molecule has 0 atom stereocenters. The molecular weight excluding hydrogens is 400 g/mol. The molecule has 0 aliphatic rings. The van der Waals surface area contributed by atoms with Crippen LogP contribution < -0.4 is 5.32 Å². The van der Waals surface area contributed by atoms with Crippen LogP contribution in [0.3, 0.4) is 0 Å². The second-order valence-electron chi connectivity index (χ2n) is 7.76. The van der Waals surface area contributed by atoms with Crippen LogP contribution >= 0.6 is 0 Å². The molecule has 0 amide bonds. The summed E-state index contributed by atoms with van der Waals surface area (Å²) < 4.78 is 30.8. The first-order valence-corrected chi connectivity index (χ1v) is 9.98. The summed E-state index contributed by atoms with van der Waals surface area (Å²) in [4.78, 5) is 13.1. The van der Waals surface area contributed by atoms with E-state index in [2.05, 4.69) is 20.3 Å². The van der Waals surface area contributed by atoms with Gasteiger partial charge in [0.15, 0.2) is 5.82 Å².